The van der Waals surface area contributed by atoms with Gasteiger partial charge in [0.25, 0.3) is 0 Å². The van der Waals surface area contributed by atoms with E-state index in [-0.39, 0.29) is 0 Å². The molecular weight excluding hydrogens is 248 g/mol. The SMILES string of the molecule is CC1CCC(C(C)C)c2[nH]nc(NC3CCNCC3)c21. The highest BCUT2D eigenvalue weighted by molar-refractivity contribution is 5.51. The van der Waals surface area contributed by atoms with Crippen LogP contribution in [0, 0.1) is 5.92 Å². The van der Waals surface area contributed by atoms with Crippen molar-refractivity contribution in [1.29, 1.82) is 0 Å². The number of hydrogen-bond acceptors (Lipinski definition) is 3. The van der Waals surface area contributed by atoms with Gasteiger partial charge in [-0.15, -0.1) is 0 Å². The Hall–Kier alpha value is -1.03. The highest BCUT2D eigenvalue weighted by Crippen LogP contribution is 2.44. The van der Waals surface area contributed by atoms with Crippen molar-refractivity contribution >= 4 is 5.82 Å². The molecule has 1 fully saturated rings. The maximum Gasteiger partial charge on any atom is 0.151 e. The van der Waals surface area contributed by atoms with Crippen molar-refractivity contribution in [2.45, 2.75) is 64.3 Å². The zero-order chi connectivity index (χ0) is 14.1. The van der Waals surface area contributed by atoms with E-state index in [4.69, 9.17) is 0 Å². The number of aromatic nitrogens is 2. The summed E-state index contributed by atoms with van der Waals surface area (Å²) in [5.41, 5.74) is 2.86. The second-order valence-electron chi connectivity index (χ2n) is 6.90. The fourth-order valence-electron chi connectivity index (χ4n) is 3.80. The van der Waals surface area contributed by atoms with Crippen LogP contribution in [0.3, 0.4) is 0 Å². The number of anilines is 1. The first-order valence-electron chi connectivity index (χ1n) is 8.22. The summed E-state index contributed by atoms with van der Waals surface area (Å²) in [6.07, 6.45) is 4.98. The van der Waals surface area contributed by atoms with Crippen molar-refractivity contribution < 1.29 is 0 Å². The van der Waals surface area contributed by atoms with E-state index in [9.17, 15) is 0 Å². The lowest BCUT2D eigenvalue weighted by molar-refractivity contribution is 0.403. The Kier molecular flexibility index (Phi) is 4.01. The third-order valence-corrected chi connectivity index (χ3v) is 5.09. The number of fused-ring (bicyclic) bond motifs is 1. The first kappa shape index (κ1) is 13.9. The maximum absolute atomic E-state index is 4.62. The van der Waals surface area contributed by atoms with Gasteiger partial charge in [0.2, 0.25) is 0 Å². The minimum atomic E-state index is 0.579. The molecule has 3 rings (SSSR count). The van der Waals surface area contributed by atoms with Crippen LogP contribution >= 0.6 is 0 Å². The topological polar surface area (TPSA) is 52.7 Å². The Balaban J connectivity index is 1.82. The van der Waals surface area contributed by atoms with E-state index in [0.29, 0.717) is 23.8 Å². The normalized spacial score (nSPS) is 27.6. The summed E-state index contributed by atoms with van der Waals surface area (Å²) in [6, 6.07) is 0.579. The third kappa shape index (κ3) is 2.58. The van der Waals surface area contributed by atoms with Crippen LogP contribution in [-0.4, -0.2) is 29.3 Å². The van der Waals surface area contributed by atoms with Gasteiger partial charge in [-0.25, -0.2) is 0 Å². The van der Waals surface area contributed by atoms with Crippen LogP contribution in [0.2, 0.25) is 0 Å². The highest BCUT2D eigenvalue weighted by Gasteiger charge is 2.32. The molecule has 1 aliphatic heterocycles. The van der Waals surface area contributed by atoms with Crippen molar-refractivity contribution in [1.82, 2.24) is 15.5 Å². The zero-order valence-electron chi connectivity index (χ0n) is 13.0. The molecule has 2 heterocycles. The molecule has 0 radical (unpaired) electrons. The van der Waals surface area contributed by atoms with Gasteiger partial charge in [-0.2, -0.15) is 5.10 Å². The summed E-state index contributed by atoms with van der Waals surface area (Å²) >= 11 is 0. The second kappa shape index (κ2) is 5.76. The summed E-state index contributed by atoms with van der Waals surface area (Å²) in [6.45, 7) is 9.23. The molecule has 0 spiro atoms. The lowest BCUT2D eigenvalue weighted by atomic mass is 9.76. The number of nitrogens with zero attached hydrogens (tertiary/aromatic N) is 1. The Morgan fingerprint density at radius 2 is 1.90 bits per heavy atom. The molecule has 2 atom stereocenters. The van der Waals surface area contributed by atoms with Crippen molar-refractivity contribution in [2.75, 3.05) is 18.4 Å². The van der Waals surface area contributed by atoms with Crippen molar-refractivity contribution in [3.8, 4) is 0 Å². The molecule has 0 aromatic carbocycles. The quantitative estimate of drug-likeness (QED) is 0.794. The van der Waals surface area contributed by atoms with Crippen LogP contribution in [0.1, 0.15) is 69.5 Å². The lowest BCUT2D eigenvalue weighted by Crippen LogP contribution is -2.35. The van der Waals surface area contributed by atoms with E-state index in [1.165, 1.54) is 36.9 Å². The summed E-state index contributed by atoms with van der Waals surface area (Å²) in [5, 5.41) is 15.1. The molecule has 1 aromatic rings. The van der Waals surface area contributed by atoms with Gasteiger partial charge in [0.15, 0.2) is 5.82 Å². The molecule has 1 aromatic heterocycles. The molecule has 112 valence electrons. The minimum Gasteiger partial charge on any atom is -0.366 e. The molecule has 0 amide bonds. The van der Waals surface area contributed by atoms with Crippen molar-refractivity contribution in [3.63, 3.8) is 0 Å². The molecule has 1 saturated heterocycles. The number of H-pyrrole nitrogens is 1. The van der Waals surface area contributed by atoms with Crippen LogP contribution in [-0.2, 0) is 0 Å². The number of rotatable bonds is 3. The van der Waals surface area contributed by atoms with Gasteiger partial charge in [0.1, 0.15) is 0 Å². The first-order valence-corrected chi connectivity index (χ1v) is 8.22. The molecule has 0 bridgehead atoms. The van der Waals surface area contributed by atoms with E-state index in [1.807, 2.05) is 0 Å². The number of nitrogens with one attached hydrogen (secondary N) is 3. The van der Waals surface area contributed by atoms with Crippen LogP contribution < -0.4 is 10.6 Å². The van der Waals surface area contributed by atoms with E-state index in [0.717, 1.165) is 18.9 Å². The van der Waals surface area contributed by atoms with Crippen molar-refractivity contribution in [3.05, 3.63) is 11.3 Å². The largest absolute Gasteiger partial charge is 0.366 e. The third-order valence-electron chi connectivity index (χ3n) is 5.09. The minimum absolute atomic E-state index is 0.579. The number of hydrogen-bond donors (Lipinski definition) is 3. The highest BCUT2D eigenvalue weighted by atomic mass is 15.2. The fraction of sp³-hybridized carbons (Fsp3) is 0.812. The number of aromatic amines is 1. The number of piperidine rings is 1. The molecule has 4 nitrogen and oxygen atoms in total. The molecular formula is C16H28N4. The van der Waals surface area contributed by atoms with Crippen LogP contribution in [0.25, 0.3) is 0 Å². The predicted molar refractivity (Wildman–Crippen MR) is 83.3 cm³/mol. The Morgan fingerprint density at radius 3 is 2.60 bits per heavy atom. The van der Waals surface area contributed by atoms with Gasteiger partial charge in [0.05, 0.1) is 0 Å². The van der Waals surface area contributed by atoms with Gasteiger partial charge in [0, 0.05) is 23.2 Å². The smallest absolute Gasteiger partial charge is 0.151 e. The van der Waals surface area contributed by atoms with Gasteiger partial charge >= 0.3 is 0 Å². The summed E-state index contributed by atoms with van der Waals surface area (Å²) in [7, 11) is 0. The van der Waals surface area contributed by atoms with Crippen LogP contribution in [0.5, 0.6) is 0 Å². The summed E-state index contributed by atoms with van der Waals surface area (Å²) in [5.74, 6) is 3.10. The zero-order valence-corrected chi connectivity index (χ0v) is 13.0. The van der Waals surface area contributed by atoms with Gasteiger partial charge in [-0.05, 0) is 50.6 Å². The first-order chi connectivity index (χ1) is 9.66. The maximum atomic E-state index is 4.62. The summed E-state index contributed by atoms with van der Waals surface area (Å²) < 4.78 is 0. The van der Waals surface area contributed by atoms with Gasteiger partial charge < -0.3 is 10.6 Å². The molecule has 20 heavy (non-hydrogen) atoms. The standard InChI is InChI=1S/C16H28N4/c1-10(2)13-5-4-11(3)14-15(13)19-20-16(14)18-12-6-8-17-9-7-12/h10-13,17H,4-9H2,1-3H3,(H2,18,19,20). The Bertz CT molecular complexity index is 445. The lowest BCUT2D eigenvalue weighted by Gasteiger charge is -2.30. The van der Waals surface area contributed by atoms with E-state index < -0.39 is 0 Å². The average Bonchev–Trinajstić information content (AvgIpc) is 2.85. The average molecular weight is 276 g/mol. The molecule has 1 aliphatic carbocycles. The van der Waals surface area contributed by atoms with Gasteiger partial charge in [-0.3, -0.25) is 5.10 Å². The molecule has 0 saturated carbocycles. The van der Waals surface area contributed by atoms with E-state index >= 15 is 0 Å². The predicted octanol–water partition coefficient (Wildman–Crippen LogP) is 3.21. The molecule has 4 heteroatoms. The fourth-order valence-corrected chi connectivity index (χ4v) is 3.80. The van der Waals surface area contributed by atoms with Gasteiger partial charge in [-0.1, -0.05) is 20.8 Å². The Morgan fingerprint density at radius 1 is 1.15 bits per heavy atom. The second-order valence-corrected chi connectivity index (χ2v) is 6.90. The van der Waals surface area contributed by atoms with E-state index in [2.05, 4.69) is 41.6 Å². The molecule has 3 N–H and O–H groups in total. The van der Waals surface area contributed by atoms with Crippen LogP contribution in [0.4, 0.5) is 5.82 Å². The van der Waals surface area contributed by atoms with Crippen LogP contribution in [0.15, 0.2) is 0 Å². The van der Waals surface area contributed by atoms with E-state index in [1.54, 1.807) is 0 Å². The summed E-state index contributed by atoms with van der Waals surface area (Å²) in [4.78, 5) is 0. The molecule has 2 aliphatic rings. The monoisotopic (exact) mass is 276 g/mol. The van der Waals surface area contributed by atoms with Crippen molar-refractivity contribution in [2.24, 2.45) is 5.92 Å². The molecule has 2 unspecified atom stereocenters. The Labute approximate surface area is 122 Å².